The van der Waals surface area contributed by atoms with Gasteiger partial charge >= 0.3 is 0 Å². The second-order valence-electron chi connectivity index (χ2n) is 9.71. The van der Waals surface area contributed by atoms with Crippen molar-refractivity contribution in [1.82, 2.24) is 14.7 Å². The summed E-state index contributed by atoms with van der Waals surface area (Å²) in [4.78, 5) is 33.1. The maximum Gasteiger partial charge on any atom is 0.254 e. The van der Waals surface area contributed by atoms with Gasteiger partial charge in [0.1, 0.15) is 5.60 Å². The number of hydrogen-bond donors (Lipinski definition) is 1. The van der Waals surface area contributed by atoms with Gasteiger partial charge in [-0.25, -0.2) is 0 Å². The van der Waals surface area contributed by atoms with Crippen LogP contribution >= 0.6 is 11.6 Å². The van der Waals surface area contributed by atoms with E-state index in [9.17, 15) is 14.7 Å². The summed E-state index contributed by atoms with van der Waals surface area (Å²) in [6.07, 6.45) is 1.88. The number of piperidine rings is 1. The van der Waals surface area contributed by atoms with Crippen molar-refractivity contribution in [3.05, 3.63) is 28.8 Å². The number of halogens is 1. The predicted molar refractivity (Wildman–Crippen MR) is 128 cm³/mol. The first-order valence-corrected chi connectivity index (χ1v) is 11.9. The van der Waals surface area contributed by atoms with Gasteiger partial charge in [0, 0.05) is 65.1 Å². The molecule has 1 aromatic rings. The predicted octanol–water partition coefficient (Wildman–Crippen LogP) is 2.56. The first-order valence-electron chi connectivity index (χ1n) is 11.5. The number of carbonyl (C=O) groups is 2. The third-order valence-corrected chi connectivity index (χ3v) is 7.41. The number of hydrogen-bond acceptors (Lipinski definition) is 5. The van der Waals surface area contributed by atoms with Crippen LogP contribution in [0.2, 0.25) is 5.02 Å². The Hall–Kier alpha value is -1.83. The fourth-order valence-corrected chi connectivity index (χ4v) is 4.72. The Morgan fingerprint density at radius 1 is 1.09 bits per heavy atom. The zero-order chi connectivity index (χ0) is 23.6. The molecule has 0 bridgehead atoms. The summed E-state index contributed by atoms with van der Waals surface area (Å²) in [6, 6.07) is 6.14. The highest BCUT2D eigenvalue weighted by molar-refractivity contribution is 6.34. The smallest absolute Gasteiger partial charge is 0.254 e. The van der Waals surface area contributed by atoms with Crippen LogP contribution in [0.5, 0.6) is 0 Å². The van der Waals surface area contributed by atoms with Gasteiger partial charge in [-0.2, -0.15) is 0 Å². The lowest BCUT2D eigenvalue weighted by molar-refractivity contribution is -0.155. The Kier molecular flexibility index (Phi) is 7.73. The van der Waals surface area contributed by atoms with Gasteiger partial charge in [0.05, 0.1) is 10.6 Å². The maximum atomic E-state index is 12.7. The molecule has 2 amide bonds. The normalized spacial score (nSPS) is 20.4. The average molecular weight is 465 g/mol. The molecule has 8 heteroatoms. The summed E-state index contributed by atoms with van der Waals surface area (Å²) in [7, 11) is 3.44. The monoisotopic (exact) mass is 464 g/mol. The lowest BCUT2D eigenvalue weighted by atomic mass is 9.90. The number of anilines is 1. The van der Waals surface area contributed by atoms with Crippen LogP contribution in [-0.4, -0.2) is 96.6 Å². The van der Waals surface area contributed by atoms with Crippen molar-refractivity contribution < 1.29 is 14.7 Å². The molecule has 0 saturated carbocycles. The van der Waals surface area contributed by atoms with Crippen LogP contribution in [0, 0.1) is 5.92 Å². The van der Waals surface area contributed by atoms with E-state index in [-0.39, 0.29) is 17.7 Å². The van der Waals surface area contributed by atoms with Crippen molar-refractivity contribution in [2.24, 2.45) is 5.92 Å². The van der Waals surface area contributed by atoms with Crippen molar-refractivity contribution in [3.63, 3.8) is 0 Å². The topological polar surface area (TPSA) is 67.3 Å². The minimum absolute atomic E-state index is 0.0916. The van der Waals surface area contributed by atoms with Crippen molar-refractivity contribution in [2.45, 2.75) is 45.3 Å². The molecule has 1 atom stereocenters. The third-order valence-electron chi connectivity index (χ3n) is 7.09. The molecule has 0 aliphatic carbocycles. The van der Waals surface area contributed by atoms with E-state index in [4.69, 9.17) is 11.6 Å². The SMILES string of the molecule is CC(C)[C@@](C)(O)C(=O)N1CCC(N2CCN(c3ccc(C(=O)N(C)C)c(Cl)c3)CC2)CC1. The molecule has 0 radical (unpaired) electrons. The minimum Gasteiger partial charge on any atom is -0.380 e. The summed E-state index contributed by atoms with van der Waals surface area (Å²) in [5.74, 6) is -0.348. The zero-order valence-electron chi connectivity index (χ0n) is 20.0. The standard InChI is InChI=1S/C24H37ClN4O3/c1-17(2)24(3,32)23(31)29-10-8-18(9-11-29)27-12-14-28(15-13-27)19-6-7-20(21(25)16-19)22(30)26(4)5/h6-7,16-18,32H,8-15H2,1-5H3/t24-/m1/s1. The first-order chi connectivity index (χ1) is 15.0. The molecule has 1 N–H and O–H groups in total. The fraction of sp³-hybridized carbons (Fsp3) is 0.667. The van der Waals surface area contributed by atoms with Gasteiger partial charge in [0.15, 0.2) is 0 Å². The van der Waals surface area contributed by atoms with E-state index in [0.717, 1.165) is 44.7 Å². The zero-order valence-corrected chi connectivity index (χ0v) is 20.7. The van der Waals surface area contributed by atoms with E-state index in [1.165, 1.54) is 4.90 Å². The second kappa shape index (κ2) is 9.98. The van der Waals surface area contributed by atoms with Crippen molar-refractivity contribution in [2.75, 3.05) is 58.3 Å². The Labute approximate surface area is 196 Å². The van der Waals surface area contributed by atoms with Gasteiger partial charge in [-0.15, -0.1) is 0 Å². The molecule has 0 unspecified atom stereocenters. The highest BCUT2D eigenvalue weighted by Crippen LogP contribution is 2.27. The van der Waals surface area contributed by atoms with Crippen LogP contribution < -0.4 is 4.90 Å². The Bertz CT molecular complexity index is 827. The summed E-state index contributed by atoms with van der Waals surface area (Å²) in [5, 5.41) is 11.0. The van der Waals surface area contributed by atoms with Gasteiger partial charge < -0.3 is 19.8 Å². The maximum absolute atomic E-state index is 12.7. The Morgan fingerprint density at radius 2 is 1.69 bits per heavy atom. The lowest BCUT2D eigenvalue weighted by Gasteiger charge is -2.44. The number of aliphatic hydroxyl groups is 1. The molecule has 2 aliphatic rings. The molecule has 178 valence electrons. The van der Waals surface area contributed by atoms with Crippen molar-refractivity contribution in [3.8, 4) is 0 Å². The molecule has 32 heavy (non-hydrogen) atoms. The highest BCUT2D eigenvalue weighted by Gasteiger charge is 2.39. The first kappa shape index (κ1) is 24.8. The van der Waals surface area contributed by atoms with Crippen LogP contribution in [0.4, 0.5) is 5.69 Å². The quantitative estimate of drug-likeness (QED) is 0.725. The van der Waals surface area contributed by atoms with Crippen LogP contribution in [-0.2, 0) is 4.79 Å². The van der Waals surface area contributed by atoms with Crippen LogP contribution in [0.25, 0.3) is 0 Å². The minimum atomic E-state index is -1.30. The molecule has 0 aromatic heterocycles. The molecular weight excluding hydrogens is 428 g/mol. The van der Waals surface area contributed by atoms with E-state index in [0.29, 0.717) is 29.7 Å². The van der Waals surface area contributed by atoms with Gasteiger partial charge in [0.25, 0.3) is 11.8 Å². The number of likely N-dealkylation sites (tertiary alicyclic amines) is 1. The van der Waals surface area contributed by atoms with Gasteiger partial charge in [-0.1, -0.05) is 25.4 Å². The molecule has 3 rings (SSSR count). The van der Waals surface area contributed by atoms with Crippen molar-refractivity contribution >= 4 is 29.1 Å². The van der Waals surface area contributed by atoms with Gasteiger partial charge in [-0.05, 0) is 43.9 Å². The Balaban J connectivity index is 1.52. The van der Waals surface area contributed by atoms with E-state index in [1.54, 1.807) is 21.0 Å². The van der Waals surface area contributed by atoms with E-state index in [2.05, 4.69) is 9.80 Å². The van der Waals surface area contributed by atoms with Gasteiger partial charge in [0.2, 0.25) is 0 Å². The molecule has 2 aliphatic heterocycles. The van der Waals surface area contributed by atoms with Crippen LogP contribution in [0.15, 0.2) is 18.2 Å². The van der Waals surface area contributed by atoms with Crippen LogP contribution in [0.1, 0.15) is 44.0 Å². The number of benzene rings is 1. The number of piperazine rings is 1. The van der Waals surface area contributed by atoms with E-state index >= 15 is 0 Å². The number of carbonyl (C=O) groups excluding carboxylic acids is 2. The highest BCUT2D eigenvalue weighted by atomic mass is 35.5. The number of nitrogens with zero attached hydrogens (tertiary/aromatic N) is 4. The average Bonchev–Trinajstić information content (AvgIpc) is 2.78. The molecule has 1 aromatic carbocycles. The van der Waals surface area contributed by atoms with Crippen LogP contribution in [0.3, 0.4) is 0 Å². The number of rotatable bonds is 5. The lowest BCUT2D eigenvalue weighted by Crippen LogP contribution is -2.57. The summed E-state index contributed by atoms with van der Waals surface area (Å²) < 4.78 is 0. The molecular formula is C24H37ClN4O3. The second-order valence-corrected chi connectivity index (χ2v) is 10.1. The van der Waals surface area contributed by atoms with E-state index in [1.807, 2.05) is 36.9 Å². The van der Waals surface area contributed by atoms with E-state index < -0.39 is 5.60 Å². The van der Waals surface area contributed by atoms with Gasteiger partial charge in [-0.3, -0.25) is 14.5 Å². The Morgan fingerprint density at radius 3 is 2.19 bits per heavy atom. The van der Waals surface area contributed by atoms with Crippen molar-refractivity contribution in [1.29, 1.82) is 0 Å². The largest absolute Gasteiger partial charge is 0.380 e. The number of amides is 2. The summed E-state index contributed by atoms with van der Waals surface area (Å²) in [6.45, 7) is 10.5. The summed E-state index contributed by atoms with van der Waals surface area (Å²) in [5.41, 5.74) is 0.269. The molecule has 0 spiro atoms. The molecule has 7 nitrogen and oxygen atoms in total. The fourth-order valence-electron chi connectivity index (χ4n) is 4.46. The molecule has 2 fully saturated rings. The summed E-state index contributed by atoms with van der Waals surface area (Å²) >= 11 is 6.39. The molecule has 2 heterocycles. The third kappa shape index (κ3) is 5.21. The molecule has 2 saturated heterocycles.